The minimum atomic E-state index is -0.173. The van der Waals surface area contributed by atoms with E-state index in [4.69, 9.17) is 4.74 Å². The summed E-state index contributed by atoms with van der Waals surface area (Å²) in [4.78, 5) is 0. The molecule has 0 aliphatic carbocycles. The predicted octanol–water partition coefficient (Wildman–Crippen LogP) is 2.47. The molecule has 0 amide bonds. The zero-order valence-corrected chi connectivity index (χ0v) is 10.4. The van der Waals surface area contributed by atoms with Gasteiger partial charge < -0.3 is 10.1 Å². The van der Waals surface area contributed by atoms with E-state index in [1.807, 2.05) is 24.3 Å². The molecule has 0 bridgehead atoms. The van der Waals surface area contributed by atoms with E-state index in [2.05, 4.69) is 29.4 Å². The van der Waals surface area contributed by atoms with E-state index in [-0.39, 0.29) is 5.54 Å². The molecule has 1 aromatic heterocycles. The van der Waals surface area contributed by atoms with Gasteiger partial charge in [-0.2, -0.15) is 5.10 Å². The molecule has 0 atom stereocenters. The second kappa shape index (κ2) is 4.67. The maximum Gasteiger partial charge on any atom is 0.157 e. The van der Waals surface area contributed by atoms with E-state index in [1.54, 1.807) is 13.3 Å². The third-order valence-electron chi connectivity index (χ3n) is 2.53. The number of nitrogens with one attached hydrogen (secondary N) is 1. The Kier molecular flexibility index (Phi) is 3.24. The second-order valence-corrected chi connectivity index (χ2v) is 4.72. The van der Waals surface area contributed by atoms with Gasteiger partial charge in [0, 0.05) is 17.9 Å². The zero-order valence-electron chi connectivity index (χ0n) is 10.4. The Bertz CT molecular complexity index is 505. The molecule has 0 spiro atoms. The molecule has 1 N–H and O–H groups in total. The average Bonchev–Trinajstić information content (AvgIpc) is 2.29. The Morgan fingerprint density at radius 3 is 2.82 bits per heavy atom. The SMILES string of the molecule is COCC(C)(C)Nc1nncc2ccccc12. The van der Waals surface area contributed by atoms with E-state index < -0.39 is 0 Å². The first-order valence-electron chi connectivity index (χ1n) is 5.60. The summed E-state index contributed by atoms with van der Waals surface area (Å²) in [6.07, 6.45) is 1.77. The smallest absolute Gasteiger partial charge is 0.157 e. The van der Waals surface area contributed by atoms with Gasteiger partial charge in [-0.05, 0) is 13.8 Å². The fraction of sp³-hybridized carbons (Fsp3) is 0.385. The number of fused-ring (bicyclic) bond motifs is 1. The third-order valence-corrected chi connectivity index (χ3v) is 2.53. The van der Waals surface area contributed by atoms with Crippen LogP contribution < -0.4 is 5.32 Å². The number of nitrogens with zero attached hydrogens (tertiary/aromatic N) is 2. The van der Waals surface area contributed by atoms with Crippen LogP contribution in [0.4, 0.5) is 5.82 Å². The fourth-order valence-electron chi connectivity index (χ4n) is 1.84. The molecule has 0 saturated heterocycles. The monoisotopic (exact) mass is 231 g/mol. The maximum atomic E-state index is 5.18. The topological polar surface area (TPSA) is 47.0 Å². The number of methoxy groups -OCH3 is 1. The van der Waals surface area contributed by atoms with Crippen molar-refractivity contribution < 1.29 is 4.74 Å². The highest BCUT2D eigenvalue weighted by molar-refractivity contribution is 5.91. The number of hydrogen-bond donors (Lipinski definition) is 1. The van der Waals surface area contributed by atoms with Crippen molar-refractivity contribution in [3.05, 3.63) is 30.5 Å². The summed E-state index contributed by atoms with van der Waals surface area (Å²) in [6, 6.07) is 8.06. The van der Waals surface area contributed by atoms with Gasteiger partial charge in [-0.25, -0.2) is 0 Å². The highest BCUT2D eigenvalue weighted by Crippen LogP contribution is 2.22. The van der Waals surface area contributed by atoms with Gasteiger partial charge in [-0.15, -0.1) is 5.10 Å². The first kappa shape index (κ1) is 11.8. The molecule has 1 heterocycles. The normalized spacial score (nSPS) is 11.7. The Labute approximate surface area is 101 Å². The lowest BCUT2D eigenvalue weighted by Gasteiger charge is -2.26. The van der Waals surface area contributed by atoms with Crippen molar-refractivity contribution in [2.24, 2.45) is 0 Å². The van der Waals surface area contributed by atoms with Crippen molar-refractivity contribution in [3.63, 3.8) is 0 Å². The van der Waals surface area contributed by atoms with Crippen molar-refractivity contribution in [2.45, 2.75) is 19.4 Å². The van der Waals surface area contributed by atoms with Crippen LogP contribution in [0.5, 0.6) is 0 Å². The van der Waals surface area contributed by atoms with Crippen molar-refractivity contribution in [1.82, 2.24) is 10.2 Å². The van der Waals surface area contributed by atoms with Crippen LogP contribution in [-0.2, 0) is 4.74 Å². The molecule has 4 heteroatoms. The molecule has 0 radical (unpaired) electrons. The second-order valence-electron chi connectivity index (χ2n) is 4.72. The van der Waals surface area contributed by atoms with Gasteiger partial charge in [-0.1, -0.05) is 24.3 Å². The summed E-state index contributed by atoms with van der Waals surface area (Å²) in [5.74, 6) is 0.796. The largest absolute Gasteiger partial charge is 0.382 e. The lowest BCUT2D eigenvalue weighted by Crippen LogP contribution is -2.36. The van der Waals surface area contributed by atoms with Crippen LogP contribution in [0, 0.1) is 0 Å². The molecule has 90 valence electrons. The summed E-state index contributed by atoms with van der Waals surface area (Å²) >= 11 is 0. The van der Waals surface area contributed by atoms with Crippen LogP contribution in [0.25, 0.3) is 10.8 Å². The van der Waals surface area contributed by atoms with E-state index in [0.717, 1.165) is 16.6 Å². The lowest BCUT2D eigenvalue weighted by molar-refractivity contribution is 0.158. The highest BCUT2D eigenvalue weighted by Gasteiger charge is 2.18. The molecule has 17 heavy (non-hydrogen) atoms. The van der Waals surface area contributed by atoms with Crippen molar-refractivity contribution in [2.75, 3.05) is 19.0 Å². The average molecular weight is 231 g/mol. The van der Waals surface area contributed by atoms with Crippen LogP contribution in [0.2, 0.25) is 0 Å². The lowest BCUT2D eigenvalue weighted by atomic mass is 10.1. The van der Waals surface area contributed by atoms with Crippen molar-refractivity contribution in [3.8, 4) is 0 Å². The van der Waals surface area contributed by atoms with Crippen molar-refractivity contribution >= 4 is 16.6 Å². The van der Waals surface area contributed by atoms with Crippen LogP contribution in [0.1, 0.15) is 13.8 Å². The molecule has 1 aromatic carbocycles. The standard InChI is InChI=1S/C13H17N3O/c1-13(2,9-17-3)15-12-11-7-5-4-6-10(11)8-14-16-12/h4-8H,9H2,1-3H3,(H,15,16). The quantitative estimate of drug-likeness (QED) is 0.878. The first-order chi connectivity index (χ1) is 8.12. The fourth-order valence-corrected chi connectivity index (χ4v) is 1.84. The Hall–Kier alpha value is -1.68. The summed E-state index contributed by atoms with van der Waals surface area (Å²) < 4.78 is 5.18. The van der Waals surface area contributed by atoms with Gasteiger partial charge in [0.15, 0.2) is 5.82 Å². The molecule has 0 aliphatic heterocycles. The molecular weight excluding hydrogens is 214 g/mol. The summed E-state index contributed by atoms with van der Waals surface area (Å²) in [5, 5.41) is 13.7. The summed E-state index contributed by atoms with van der Waals surface area (Å²) in [6.45, 7) is 4.75. The number of ether oxygens (including phenoxy) is 1. The number of rotatable bonds is 4. The van der Waals surface area contributed by atoms with Crippen LogP contribution >= 0.6 is 0 Å². The third kappa shape index (κ3) is 2.71. The van der Waals surface area contributed by atoms with Crippen molar-refractivity contribution in [1.29, 1.82) is 0 Å². The molecule has 2 rings (SSSR count). The molecule has 0 unspecified atom stereocenters. The molecular formula is C13H17N3O. The Morgan fingerprint density at radius 1 is 1.29 bits per heavy atom. The van der Waals surface area contributed by atoms with E-state index in [1.165, 1.54) is 0 Å². The van der Waals surface area contributed by atoms with E-state index >= 15 is 0 Å². The van der Waals surface area contributed by atoms with Crippen LogP contribution in [0.15, 0.2) is 30.5 Å². The van der Waals surface area contributed by atoms with Gasteiger partial charge in [0.25, 0.3) is 0 Å². The number of aromatic nitrogens is 2. The molecule has 4 nitrogen and oxygen atoms in total. The van der Waals surface area contributed by atoms with E-state index in [0.29, 0.717) is 6.61 Å². The Morgan fingerprint density at radius 2 is 2.06 bits per heavy atom. The van der Waals surface area contributed by atoms with Crippen LogP contribution in [0.3, 0.4) is 0 Å². The van der Waals surface area contributed by atoms with Gasteiger partial charge in [0.2, 0.25) is 0 Å². The zero-order chi connectivity index (χ0) is 12.3. The highest BCUT2D eigenvalue weighted by atomic mass is 16.5. The molecule has 0 saturated carbocycles. The van der Waals surface area contributed by atoms with Gasteiger partial charge >= 0.3 is 0 Å². The minimum absolute atomic E-state index is 0.173. The maximum absolute atomic E-state index is 5.18. The first-order valence-corrected chi connectivity index (χ1v) is 5.60. The predicted molar refractivity (Wildman–Crippen MR) is 69.1 cm³/mol. The van der Waals surface area contributed by atoms with Gasteiger partial charge in [0.05, 0.1) is 18.3 Å². The van der Waals surface area contributed by atoms with Gasteiger partial charge in [-0.3, -0.25) is 0 Å². The van der Waals surface area contributed by atoms with Crippen LogP contribution in [-0.4, -0.2) is 29.5 Å². The molecule has 0 fully saturated rings. The number of hydrogen-bond acceptors (Lipinski definition) is 4. The van der Waals surface area contributed by atoms with E-state index in [9.17, 15) is 0 Å². The number of benzene rings is 1. The molecule has 2 aromatic rings. The summed E-state index contributed by atoms with van der Waals surface area (Å²) in [7, 11) is 1.69. The van der Waals surface area contributed by atoms with Gasteiger partial charge in [0.1, 0.15) is 0 Å². The summed E-state index contributed by atoms with van der Waals surface area (Å²) in [5.41, 5.74) is -0.173. The number of anilines is 1. The Balaban J connectivity index is 2.36. The molecule has 0 aliphatic rings. The minimum Gasteiger partial charge on any atom is -0.382 e.